The molecular formula is C12H14F2O2. The molecule has 0 spiro atoms. The van der Waals surface area contributed by atoms with Crippen LogP contribution in [0.4, 0.5) is 8.78 Å². The predicted molar refractivity (Wildman–Crippen MR) is 56.9 cm³/mol. The smallest absolute Gasteiger partial charge is 0.387 e. The normalized spacial score (nSPS) is 10.9. The monoisotopic (exact) mass is 228 g/mol. The summed E-state index contributed by atoms with van der Waals surface area (Å²) >= 11 is 0. The van der Waals surface area contributed by atoms with Gasteiger partial charge in [0.15, 0.2) is 5.78 Å². The van der Waals surface area contributed by atoms with Crippen molar-refractivity contribution < 1.29 is 18.3 Å². The van der Waals surface area contributed by atoms with Gasteiger partial charge in [0.25, 0.3) is 0 Å². The lowest BCUT2D eigenvalue weighted by Gasteiger charge is -2.06. The summed E-state index contributed by atoms with van der Waals surface area (Å²) in [6.07, 6.45) is 0.453. The van der Waals surface area contributed by atoms with Gasteiger partial charge in [0, 0.05) is 12.0 Å². The minimum Gasteiger partial charge on any atom is -0.435 e. The number of rotatable bonds is 5. The van der Waals surface area contributed by atoms with Crippen LogP contribution in [0, 0.1) is 5.92 Å². The second-order valence-electron chi connectivity index (χ2n) is 3.92. The number of carbonyl (C=O) groups excluding carboxylic acids is 1. The van der Waals surface area contributed by atoms with E-state index in [4.69, 9.17) is 0 Å². The van der Waals surface area contributed by atoms with Gasteiger partial charge in [-0.05, 0) is 30.2 Å². The maximum absolute atomic E-state index is 11.9. The topological polar surface area (TPSA) is 26.3 Å². The molecule has 0 unspecified atom stereocenters. The minimum atomic E-state index is -2.84. The molecule has 0 aromatic heterocycles. The third-order valence-electron chi connectivity index (χ3n) is 2.00. The molecule has 88 valence electrons. The van der Waals surface area contributed by atoms with Gasteiger partial charge < -0.3 is 4.74 Å². The van der Waals surface area contributed by atoms with Crippen LogP contribution in [-0.2, 0) is 0 Å². The highest BCUT2D eigenvalue weighted by molar-refractivity contribution is 5.96. The van der Waals surface area contributed by atoms with Gasteiger partial charge in [-0.15, -0.1) is 0 Å². The molecule has 0 bridgehead atoms. The van der Waals surface area contributed by atoms with Crippen LogP contribution in [0.3, 0.4) is 0 Å². The number of alkyl halides is 2. The van der Waals surface area contributed by atoms with E-state index in [9.17, 15) is 13.6 Å². The molecule has 0 atom stereocenters. The molecular weight excluding hydrogens is 214 g/mol. The molecule has 0 saturated heterocycles. The van der Waals surface area contributed by atoms with E-state index in [1.165, 1.54) is 24.3 Å². The van der Waals surface area contributed by atoms with Crippen LogP contribution in [0.1, 0.15) is 30.6 Å². The van der Waals surface area contributed by atoms with Crippen LogP contribution in [-0.4, -0.2) is 12.4 Å². The molecule has 0 radical (unpaired) electrons. The molecule has 0 heterocycles. The van der Waals surface area contributed by atoms with E-state index >= 15 is 0 Å². The average Bonchev–Trinajstić information content (AvgIpc) is 2.16. The number of halogens is 2. The van der Waals surface area contributed by atoms with Crippen molar-refractivity contribution in [3.8, 4) is 5.75 Å². The minimum absolute atomic E-state index is 0.0126. The molecule has 1 aromatic rings. The zero-order valence-electron chi connectivity index (χ0n) is 9.24. The fourth-order valence-electron chi connectivity index (χ4n) is 1.31. The van der Waals surface area contributed by atoms with Crippen LogP contribution < -0.4 is 4.74 Å². The van der Waals surface area contributed by atoms with Gasteiger partial charge in [0.2, 0.25) is 0 Å². The molecule has 0 N–H and O–H groups in total. The summed E-state index contributed by atoms with van der Waals surface area (Å²) in [5, 5.41) is 0. The summed E-state index contributed by atoms with van der Waals surface area (Å²) in [5.41, 5.74) is 0.523. The fraction of sp³-hybridized carbons (Fsp3) is 0.417. The highest BCUT2D eigenvalue weighted by atomic mass is 19.3. The third-order valence-corrected chi connectivity index (χ3v) is 2.00. The summed E-state index contributed by atoms with van der Waals surface area (Å²) in [6, 6.07) is 5.75. The summed E-state index contributed by atoms with van der Waals surface area (Å²) in [4.78, 5) is 11.6. The number of ether oxygens (including phenoxy) is 1. The average molecular weight is 228 g/mol. The Hall–Kier alpha value is -1.45. The van der Waals surface area contributed by atoms with Crippen molar-refractivity contribution in [2.45, 2.75) is 26.9 Å². The lowest BCUT2D eigenvalue weighted by atomic mass is 10.0. The molecule has 0 aliphatic heterocycles. The van der Waals surface area contributed by atoms with Gasteiger partial charge in [0.1, 0.15) is 5.75 Å². The van der Waals surface area contributed by atoms with E-state index in [2.05, 4.69) is 4.74 Å². The molecule has 1 rings (SSSR count). The first kappa shape index (κ1) is 12.6. The van der Waals surface area contributed by atoms with E-state index in [1.54, 1.807) is 0 Å². The van der Waals surface area contributed by atoms with Gasteiger partial charge in [-0.1, -0.05) is 13.8 Å². The van der Waals surface area contributed by atoms with E-state index in [0.717, 1.165) is 0 Å². The highest BCUT2D eigenvalue weighted by Crippen LogP contribution is 2.16. The zero-order chi connectivity index (χ0) is 12.1. The molecule has 2 nitrogen and oxygen atoms in total. The summed E-state index contributed by atoms with van der Waals surface area (Å²) in [5.74, 6) is 0.360. The van der Waals surface area contributed by atoms with Gasteiger partial charge in [-0.3, -0.25) is 4.79 Å². The Bertz CT molecular complexity index is 345. The van der Waals surface area contributed by atoms with Crippen LogP contribution in [0.25, 0.3) is 0 Å². The van der Waals surface area contributed by atoms with E-state index in [1.807, 2.05) is 13.8 Å². The first-order valence-corrected chi connectivity index (χ1v) is 5.07. The molecule has 16 heavy (non-hydrogen) atoms. The Balaban J connectivity index is 2.67. The van der Waals surface area contributed by atoms with Gasteiger partial charge >= 0.3 is 6.61 Å². The molecule has 0 amide bonds. The van der Waals surface area contributed by atoms with Crippen molar-refractivity contribution in [1.29, 1.82) is 0 Å². The Kier molecular flexibility index (Phi) is 4.40. The van der Waals surface area contributed by atoms with Gasteiger partial charge in [0.05, 0.1) is 0 Å². The predicted octanol–water partition coefficient (Wildman–Crippen LogP) is 3.52. The SMILES string of the molecule is CC(C)CC(=O)c1ccc(OC(F)F)cc1. The molecule has 4 heteroatoms. The summed E-state index contributed by atoms with van der Waals surface area (Å²) in [6.45, 7) is 1.07. The van der Waals surface area contributed by atoms with Crippen molar-refractivity contribution >= 4 is 5.78 Å². The molecule has 1 aromatic carbocycles. The van der Waals surface area contributed by atoms with E-state index in [0.29, 0.717) is 12.0 Å². The van der Waals surface area contributed by atoms with Crippen molar-refractivity contribution in [3.63, 3.8) is 0 Å². The number of hydrogen-bond acceptors (Lipinski definition) is 2. The van der Waals surface area contributed by atoms with Crippen molar-refractivity contribution in [2.75, 3.05) is 0 Å². The van der Waals surface area contributed by atoms with Crippen molar-refractivity contribution in [1.82, 2.24) is 0 Å². The Morgan fingerprint density at radius 2 is 1.81 bits per heavy atom. The second-order valence-corrected chi connectivity index (χ2v) is 3.92. The number of Topliss-reactive ketones (excluding diaryl/α,β-unsaturated/α-hetero) is 1. The third kappa shape index (κ3) is 3.96. The van der Waals surface area contributed by atoms with Crippen LogP contribution in [0.15, 0.2) is 24.3 Å². The summed E-state index contributed by atoms with van der Waals surface area (Å²) < 4.78 is 27.9. The Morgan fingerprint density at radius 3 is 2.25 bits per heavy atom. The molecule has 0 aliphatic carbocycles. The summed E-state index contributed by atoms with van der Waals surface area (Å²) in [7, 11) is 0. The maximum atomic E-state index is 11.9. The first-order chi connectivity index (χ1) is 7.49. The molecule has 0 fully saturated rings. The lowest BCUT2D eigenvalue weighted by molar-refractivity contribution is -0.0498. The number of ketones is 1. The van der Waals surface area contributed by atoms with Crippen LogP contribution in [0.2, 0.25) is 0 Å². The maximum Gasteiger partial charge on any atom is 0.387 e. The molecule has 0 saturated carbocycles. The number of hydrogen-bond donors (Lipinski definition) is 0. The number of carbonyl (C=O) groups is 1. The van der Waals surface area contributed by atoms with E-state index < -0.39 is 6.61 Å². The Labute approximate surface area is 93.2 Å². The van der Waals surface area contributed by atoms with Crippen molar-refractivity contribution in [3.05, 3.63) is 29.8 Å². The fourth-order valence-corrected chi connectivity index (χ4v) is 1.31. The van der Waals surface area contributed by atoms with Crippen LogP contribution >= 0.6 is 0 Å². The molecule has 0 aliphatic rings. The second kappa shape index (κ2) is 5.58. The lowest BCUT2D eigenvalue weighted by Crippen LogP contribution is -2.04. The zero-order valence-corrected chi connectivity index (χ0v) is 9.24. The van der Waals surface area contributed by atoms with Crippen LogP contribution in [0.5, 0.6) is 5.75 Å². The Morgan fingerprint density at radius 1 is 1.25 bits per heavy atom. The first-order valence-electron chi connectivity index (χ1n) is 5.07. The number of benzene rings is 1. The standard InChI is InChI=1S/C12H14F2O2/c1-8(2)7-11(15)9-3-5-10(6-4-9)16-12(13)14/h3-6,8,12H,7H2,1-2H3. The van der Waals surface area contributed by atoms with Gasteiger partial charge in [-0.25, -0.2) is 0 Å². The quantitative estimate of drug-likeness (QED) is 0.721. The van der Waals surface area contributed by atoms with Gasteiger partial charge in [-0.2, -0.15) is 8.78 Å². The van der Waals surface area contributed by atoms with E-state index in [-0.39, 0.29) is 17.5 Å². The highest BCUT2D eigenvalue weighted by Gasteiger charge is 2.09. The van der Waals surface area contributed by atoms with Crippen molar-refractivity contribution in [2.24, 2.45) is 5.92 Å². The largest absolute Gasteiger partial charge is 0.435 e.